The summed E-state index contributed by atoms with van der Waals surface area (Å²) in [5, 5.41) is 0. The second-order valence-electron chi connectivity index (χ2n) is 5.08. The van der Waals surface area contributed by atoms with Crippen LogP contribution in [0.2, 0.25) is 0 Å². The molecule has 0 spiro atoms. The molecule has 0 unspecified atom stereocenters. The molecular formula is C15H19N5. The van der Waals surface area contributed by atoms with Crippen LogP contribution in [-0.2, 0) is 0 Å². The van der Waals surface area contributed by atoms with Crippen molar-refractivity contribution in [2.24, 2.45) is 0 Å². The summed E-state index contributed by atoms with van der Waals surface area (Å²) >= 11 is 0. The molecule has 2 aromatic heterocycles. The first-order valence-electron chi connectivity index (χ1n) is 6.99. The fraction of sp³-hybridized carbons (Fsp3) is 0.400. The van der Waals surface area contributed by atoms with E-state index < -0.39 is 0 Å². The molecule has 20 heavy (non-hydrogen) atoms. The second kappa shape index (κ2) is 5.86. The van der Waals surface area contributed by atoms with E-state index in [1.165, 1.54) is 0 Å². The highest BCUT2D eigenvalue weighted by molar-refractivity contribution is 5.40. The van der Waals surface area contributed by atoms with Crippen LogP contribution in [0.15, 0.2) is 43.0 Å². The van der Waals surface area contributed by atoms with Crippen molar-refractivity contribution in [1.29, 1.82) is 0 Å². The topological polar surface area (TPSA) is 45.2 Å². The van der Waals surface area contributed by atoms with Crippen molar-refractivity contribution >= 4 is 11.6 Å². The molecule has 1 aliphatic heterocycles. The zero-order valence-electron chi connectivity index (χ0n) is 11.7. The van der Waals surface area contributed by atoms with E-state index in [0.29, 0.717) is 6.04 Å². The van der Waals surface area contributed by atoms with Gasteiger partial charge in [0.15, 0.2) is 0 Å². The Bertz CT molecular complexity index is 522. The zero-order valence-corrected chi connectivity index (χ0v) is 11.7. The molecule has 0 atom stereocenters. The lowest BCUT2D eigenvalue weighted by molar-refractivity contribution is 0.478. The van der Waals surface area contributed by atoms with Gasteiger partial charge in [0.1, 0.15) is 11.6 Å². The summed E-state index contributed by atoms with van der Waals surface area (Å²) in [6.07, 6.45) is 9.38. The summed E-state index contributed by atoms with van der Waals surface area (Å²) in [5.41, 5.74) is 0. The minimum atomic E-state index is 0.540. The van der Waals surface area contributed by atoms with Gasteiger partial charge in [-0.25, -0.2) is 9.97 Å². The molecule has 1 fully saturated rings. The van der Waals surface area contributed by atoms with Crippen LogP contribution in [0, 0.1) is 0 Å². The maximum absolute atomic E-state index is 4.42. The lowest BCUT2D eigenvalue weighted by atomic mass is 10.0. The molecule has 1 saturated heterocycles. The Labute approximate surface area is 119 Å². The minimum Gasteiger partial charge on any atom is -0.357 e. The van der Waals surface area contributed by atoms with Crippen molar-refractivity contribution in [3.8, 4) is 0 Å². The first-order valence-corrected chi connectivity index (χ1v) is 6.99. The highest BCUT2D eigenvalue weighted by Gasteiger charge is 2.23. The van der Waals surface area contributed by atoms with Gasteiger partial charge in [0.25, 0.3) is 0 Å². The maximum atomic E-state index is 4.42. The summed E-state index contributed by atoms with van der Waals surface area (Å²) in [4.78, 5) is 17.5. The molecule has 5 nitrogen and oxygen atoms in total. The van der Waals surface area contributed by atoms with Crippen molar-refractivity contribution in [3.05, 3.63) is 43.0 Å². The third kappa shape index (κ3) is 2.71. The monoisotopic (exact) mass is 269 g/mol. The minimum absolute atomic E-state index is 0.540. The molecule has 0 aromatic carbocycles. The average molecular weight is 269 g/mol. The number of aromatic nitrogens is 3. The van der Waals surface area contributed by atoms with Gasteiger partial charge in [-0.1, -0.05) is 6.07 Å². The Hall–Kier alpha value is -2.17. The molecule has 0 N–H and O–H groups in total. The quantitative estimate of drug-likeness (QED) is 0.852. The first-order chi connectivity index (χ1) is 9.84. The smallest absolute Gasteiger partial charge is 0.147 e. The van der Waals surface area contributed by atoms with Crippen molar-refractivity contribution in [3.63, 3.8) is 0 Å². The molecule has 3 rings (SSSR count). The van der Waals surface area contributed by atoms with Gasteiger partial charge in [-0.15, -0.1) is 0 Å². The van der Waals surface area contributed by atoms with Crippen LogP contribution in [-0.4, -0.2) is 41.1 Å². The van der Waals surface area contributed by atoms with E-state index in [0.717, 1.165) is 37.6 Å². The largest absolute Gasteiger partial charge is 0.357 e. The Morgan fingerprint density at radius 3 is 2.60 bits per heavy atom. The van der Waals surface area contributed by atoms with E-state index in [9.17, 15) is 0 Å². The molecular weight excluding hydrogens is 250 g/mol. The SMILES string of the molecule is CN(c1ccccn1)C1CCN(c2cnccn2)CC1. The zero-order chi connectivity index (χ0) is 13.8. The Balaban J connectivity index is 1.61. The van der Waals surface area contributed by atoms with Gasteiger partial charge >= 0.3 is 0 Å². The summed E-state index contributed by atoms with van der Waals surface area (Å²) in [5.74, 6) is 2.02. The molecule has 0 bridgehead atoms. The number of nitrogens with zero attached hydrogens (tertiary/aromatic N) is 5. The van der Waals surface area contributed by atoms with Crippen LogP contribution >= 0.6 is 0 Å². The maximum Gasteiger partial charge on any atom is 0.147 e. The van der Waals surface area contributed by atoms with Crippen LogP contribution in [0.4, 0.5) is 11.6 Å². The van der Waals surface area contributed by atoms with Gasteiger partial charge in [0, 0.05) is 44.8 Å². The van der Waals surface area contributed by atoms with Crippen molar-refractivity contribution in [2.45, 2.75) is 18.9 Å². The van der Waals surface area contributed by atoms with Gasteiger partial charge in [-0.2, -0.15) is 0 Å². The molecule has 3 heterocycles. The van der Waals surface area contributed by atoms with Crippen LogP contribution in [0.1, 0.15) is 12.8 Å². The third-order valence-electron chi connectivity index (χ3n) is 3.90. The molecule has 0 radical (unpaired) electrons. The van der Waals surface area contributed by atoms with Crippen LogP contribution in [0.3, 0.4) is 0 Å². The number of rotatable bonds is 3. The molecule has 5 heteroatoms. The highest BCUT2D eigenvalue weighted by atomic mass is 15.2. The van der Waals surface area contributed by atoms with Gasteiger partial charge < -0.3 is 9.80 Å². The predicted molar refractivity (Wildman–Crippen MR) is 79.9 cm³/mol. The Morgan fingerprint density at radius 1 is 1.10 bits per heavy atom. The van der Waals surface area contributed by atoms with Gasteiger partial charge in [0.2, 0.25) is 0 Å². The van der Waals surface area contributed by atoms with Crippen molar-refractivity contribution in [2.75, 3.05) is 29.9 Å². The normalized spacial score (nSPS) is 16.1. The molecule has 0 aliphatic carbocycles. The Morgan fingerprint density at radius 2 is 1.95 bits per heavy atom. The number of anilines is 2. The number of hydrogen-bond acceptors (Lipinski definition) is 5. The fourth-order valence-corrected chi connectivity index (χ4v) is 2.69. The van der Waals surface area contributed by atoms with E-state index >= 15 is 0 Å². The fourth-order valence-electron chi connectivity index (χ4n) is 2.69. The number of piperidine rings is 1. The standard InChI is InChI=1S/C15H19N5/c1-19(14-4-2-3-7-17-14)13-5-10-20(11-6-13)15-12-16-8-9-18-15/h2-4,7-9,12-13H,5-6,10-11H2,1H3. The van der Waals surface area contributed by atoms with Crippen LogP contribution < -0.4 is 9.80 Å². The van der Waals surface area contributed by atoms with Crippen molar-refractivity contribution < 1.29 is 0 Å². The van der Waals surface area contributed by atoms with Gasteiger partial charge in [-0.3, -0.25) is 4.98 Å². The number of pyridine rings is 1. The van der Waals surface area contributed by atoms with E-state index in [-0.39, 0.29) is 0 Å². The average Bonchev–Trinajstić information content (AvgIpc) is 2.56. The van der Waals surface area contributed by atoms with E-state index in [1.807, 2.05) is 24.5 Å². The van der Waals surface area contributed by atoms with E-state index in [2.05, 4.69) is 37.9 Å². The molecule has 0 saturated carbocycles. The van der Waals surface area contributed by atoms with Gasteiger partial charge in [0.05, 0.1) is 6.20 Å². The van der Waals surface area contributed by atoms with Crippen LogP contribution in [0.25, 0.3) is 0 Å². The molecule has 1 aliphatic rings. The molecule has 2 aromatic rings. The summed E-state index contributed by atoms with van der Waals surface area (Å²) in [7, 11) is 2.13. The molecule has 0 amide bonds. The van der Waals surface area contributed by atoms with Crippen LogP contribution in [0.5, 0.6) is 0 Å². The summed E-state index contributed by atoms with van der Waals surface area (Å²) in [6, 6.07) is 6.59. The summed E-state index contributed by atoms with van der Waals surface area (Å²) < 4.78 is 0. The predicted octanol–water partition coefficient (Wildman–Crippen LogP) is 1.98. The second-order valence-corrected chi connectivity index (χ2v) is 5.08. The lowest BCUT2D eigenvalue weighted by Gasteiger charge is -2.37. The first kappa shape index (κ1) is 12.8. The van der Waals surface area contributed by atoms with E-state index in [4.69, 9.17) is 0 Å². The third-order valence-corrected chi connectivity index (χ3v) is 3.90. The summed E-state index contributed by atoms with van der Waals surface area (Å²) in [6.45, 7) is 2.03. The number of hydrogen-bond donors (Lipinski definition) is 0. The molecule has 104 valence electrons. The highest BCUT2D eigenvalue weighted by Crippen LogP contribution is 2.22. The van der Waals surface area contributed by atoms with Crippen molar-refractivity contribution in [1.82, 2.24) is 15.0 Å². The Kier molecular flexibility index (Phi) is 3.76. The van der Waals surface area contributed by atoms with E-state index in [1.54, 1.807) is 12.4 Å². The lowest BCUT2D eigenvalue weighted by Crippen LogP contribution is -2.44. The van der Waals surface area contributed by atoms with Gasteiger partial charge in [-0.05, 0) is 25.0 Å².